The summed E-state index contributed by atoms with van der Waals surface area (Å²) in [5.41, 5.74) is 1.58. The lowest BCUT2D eigenvalue weighted by Gasteiger charge is -2.39. The highest BCUT2D eigenvalue weighted by molar-refractivity contribution is 5.29. The summed E-state index contributed by atoms with van der Waals surface area (Å²) in [7, 11) is 0. The Hall–Kier alpha value is -2.05. The molecule has 29 heavy (non-hydrogen) atoms. The maximum atomic E-state index is 12.6. The van der Waals surface area contributed by atoms with Crippen molar-refractivity contribution in [2.75, 3.05) is 13.1 Å². The first-order valence-electron chi connectivity index (χ1n) is 10.3. The van der Waals surface area contributed by atoms with Crippen LogP contribution in [0.1, 0.15) is 48.3 Å². The van der Waals surface area contributed by atoms with Gasteiger partial charge in [0.2, 0.25) is 0 Å². The van der Waals surface area contributed by atoms with Crippen molar-refractivity contribution in [2.45, 2.75) is 56.4 Å². The van der Waals surface area contributed by atoms with Crippen molar-refractivity contribution in [3.05, 3.63) is 65.2 Å². The van der Waals surface area contributed by atoms with E-state index in [0.29, 0.717) is 30.3 Å². The highest BCUT2D eigenvalue weighted by atomic mass is 19.4. The second-order valence-electron chi connectivity index (χ2n) is 8.25. The van der Waals surface area contributed by atoms with Gasteiger partial charge in [-0.05, 0) is 67.0 Å². The van der Waals surface area contributed by atoms with Gasteiger partial charge in [0.15, 0.2) is 0 Å². The van der Waals surface area contributed by atoms with Gasteiger partial charge < -0.3 is 10.4 Å². The number of nitrogens with one attached hydrogen (secondary N) is 1. The quantitative estimate of drug-likeness (QED) is 0.672. The molecule has 0 radical (unpaired) electrons. The van der Waals surface area contributed by atoms with Crippen LogP contribution in [0.3, 0.4) is 0 Å². The molecule has 0 aliphatic carbocycles. The van der Waals surface area contributed by atoms with E-state index in [1.54, 1.807) is 24.3 Å². The average molecular weight is 404 g/mol. The molecule has 0 spiro atoms. The van der Waals surface area contributed by atoms with E-state index in [-0.39, 0.29) is 0 Å². The number of hydrogen-bond donors (Lipinski definition) is 2. The maximum Gasteiger partial charge on any atom is 0.416 e. The first-order chi connectivity index (χ1) is 13.9. The molecular weight excluding hydrogens is 377 g/mol. The van der Waals surface area contributed by atoms with E-state index >= 15 is 0 Å². The number of rotatable bonds is 6. The van der Waals surface area contributed by atoms with E-state index in [2.05, 4.69) is 10.2 Å². The highest BCUT2D eigenvalue weighted by Gasteiger charge is 2.40. The molecule has 2 heterocycles. The Kier molecular flexibility index (Phi) is 5.83. The summed E-state index contributed by atoms with van der Waals surface area (Å²) >= 11 is 0. The molecule has 2 bridgehead atoms. The van der Waals surface area contributed by atoms with Crippen molar-refractivity contribution in [3.8, 4) is 5.75 Å². The monoisotopic (exact) mass is 404 g/mol. The largest absolute Gasteiger partial charge is 0.508 e. The van der Waals surface area contributed by atoms with Gasteiger partial charge in [-0.15, -0.1) is 0 Å². The summed E-state index contributed by atoms with van der Waals surface area (Å²) in [5, 5.41) is 12.9. The third-order valence-electron chi connectivity index (χ3n) is 6.41. The van der Waals surface area contributed by atoms with Gasteiger partial charge >= 0.3 is 6.18 Å². The molecule has 4 rings (SSSR count). The van der Waals surface area contributed by atoms with Gasteiger partial charge in [0.05, 0.1) is 5.56 Å². The zero-order chi connectivity index (χ0) is 20.4. The van der Waals surface area contributed by atoms with Crippen LogP contribution in [0.25, 0.3) is 0 Å². The molecule has 0 aromatic heterocycles. The molecule has 2 aliphatic rings. The minimum absolute atomic E-state index is 0.313. The molecule has 0 amide bonds. The van der Waals surface area contributed by atoms with Crippen LogP contribution in [0, 0.1) is 0 Å². The van der Waals surface area contributed by atoms with Crippen LogP contribution in [0.5, 0.6) is 5.75 Å². The number of hydrogen-bond acceptors (Lipinski definition) is 3. The lowest BCUT2D eigenvalue weighted by Crippen LogP contribution is -2.45. The van der Waals surface area contributed by atoms with Crippen LogP contribution in [0.4, 0.5) is 13.2 Å². The lowest BCUT2D eigenvalue weighted by atomic mass is 9.85. The summed E-state index contributed by atoms with van der Waals surface area (Å²) < 4.78 is 37.9. The number of halogens is 3. The SMILES string of the molecule is Oc1ccc(C2CC3CCC(C2)N3CCNCc2ccc(C(F)(F)F)cc2)cc1. The number of fused-ring (bicyclic) bond motifs is 2. The molecule has 2 fully saturated rings. The Morgan fingerprint density at radius 1 is 0.931 bits per heavy atom. The van der Waals surface area contributed by atoms with Gasteiger partial charge in [-0.3, -0.25) is 4.90 Å². The molecule has 2 N–H and O–H groups in total. The fourth-order valence-electron chi connectivity index (χ4n) is 4.91. The molecule has 2 saturated heterocycles. The molecular formula is C23H27F3N2O. The molecule has 2 aromatic carbocycles. The lowest BCUT2D eigenvalue weighted by molar-refractivity contribution is -0.137. The molecule has 156 valence electrons. The Bertz CT molecular complexity index is 790. The highest BCUT2D eigenvalue weighted by Crippen LogP contribution is 2.43. The number of alkyl halides is 3. The van der Waals surface area contributed by atoms with Gasteiger partial charge in [0.25, 0.3) is 0 Å². The van der Waals surface area contributed by atoms with Crippen LogP contribution in [0.15, 0.2) is 48.5 Å². The summed E-state index contributed by atoms with van der Waals surface area (Å²) in [4.78, 5) is 2.61. The van der Waals surface area contributed by atoms with E-state index in [4.69, 9.17) is 0 Å². The smallest absolute Gasteiger partial charge is 0.416 e. The minimum Gasteiger partial charge on any atom is -0.508 e. The van der Waals surface area contributed by atoms with Gasteiger partial charge in [0.1, 0.15) is 5.75 Å². The second kappa shape index (κ2) is 8.36. The number of nitrogens with zero attached hydrogens (tertiary/aromatic N) is 1. The fourth-order valence-corrected chi connectivity index (χ4v) is 4.91. The van der Waals surface area contributed by atoms with Crippen LogP contribution in [-0.4, -0.2) is 35.2 Å². The standard InChI is InChI=1S/C23H27F3N2O/c24-23(25,26)19-5-1-16(2-6-19)15-27-11-12-28-20-7-8-21(28)14-18(13-20)17-3-9-22(29)10-4-17/h1-6,9-10,18,20-21,27,29H,7-8,11-15H2. The normalized spacial score (nSPS) is 24.7. The first kappa shape index (κ1) is 20.2. The van der Waals surface area contributed by atoms with Crippen LogP contribution in [-0.2, 0) is 12.7 Å². The number of phenols is 1. The summed E-state index contributed by atoms with van der Waals surface area (Å²) in [6.07, 6.45) is 0.494. The Labute approximate surface area is 169 Å². The molecule has 2 aliphatic heterocycles. The second-order valence-corrected chi connectivity index (χ2v) is 8.25. The number of phenolic OH excluding ortho intramolecular Hbond substituents is 1. The predicted molar refractivity (Wildman–Crippen MR) is 107 cm³/mol. The third kappa shape index (κ3) is 4.75. The number of piperidine rings is 1. The Morgan fingerprint density at radius 2 is 1.55 bits per heavy atom. The zero-order valence-corrected chi connectivity index (χ0v) is 16.3. The zero-order valence-electron chi connectivity index (χ0n) is 16.3. The molecule has 2 unspecified atom stereocenters. The first-order valence-corrected chi connectivity index (χ1v) is 10.3. The minimum atomic E-state index is -4.28. The summed E-state index contributed by atoms with van der Waals surface area (Å²) in [6.45, 7) is 2.38. The van der Waals surface area contributed by atoms with Crippen LogP contribution >= 0.6 is 0 Å². The average Bonchev–Trinajstić information content (AvgIpc) is 2.93. The Balaban J connectivity index is 1.24. The van der Waals surface area contributed by atoms with Crippen LogP contribution in [0.2, 0.25) is 0 Å². The van der Waals surface area contributed by atoms with Gasteiger partial charge in [-0.2, -0.15) is 13.2 Å². The van der Waals surface area contributed by atoms with Crippen molar-refractivity contribution in [2.24, 2.45) is 0 Å². The molecule has 2 aromatic rings. The predicted octanol–water partition coefficient (Wildman–Crippen LogP) is 4.91. The van der Waals surface area contributed by atoms with E-state index in [1.165, 1.54) is 18.4 Å². The van der Waals surface area contributed by atoms with Crippen LogP contribution < -0.4 is 5.32 Å². The maximum absolute atomic E-state index is 12.6. The van der Waals surface area contributed by atoms with Crippen molar-refractivity contribution in [1.29, 1.82) is 0 Å². The van der Waals surface area contributed by atoms with Gasteiger partial charge in [-0.1, -0.05) is 24.3 Å². The summed E-state index contributed by atoms with van der Waals surface area (Å²) in [5.74, 6) is 0.873. The van der Waals surface area contributed by atoms with E-state index in [1.807, 2.05) is 12.1 Å². The third-order valence-corrected chi connectivity index (χ3v) is 6.41. The van der Waals surface area contributed by atoms with Crippen molar-refractivity contribution >= 4 is 0 Å². The molecule has 6 heteroatoms. The van der Waals surface area contributed by atoms with Gasteiger partial charge in [-0.25, -0.2) is 0 Å². The van der Waals surface area contributed by atoms with Gasteiger partial charge in [0, 0.05) is 31.7 Å². The number of aromatic hydroxyl groups is 1. The van der Waals surface area contributed by atoms with Crippen molar-refractivity contribution in [3.63, 3.8) is 0 Å². The van der Waals surface area contributed by atoms with E-state index in [9.17, 15) is 18.3 Å². The summed E-state index contributed by atoms with van der Waals surface area (Å²) in [6, 6.07) is 14.2. The number of benzene rings is 2. The Morgan fingerprint density at radius 3 is 2.14 bits per heavy atom. The molecule has 2 atom stereocenters. The van der Waals surface area contributed by atoms with E-state index in [0.717, 1.165) is 43.6 Å². The van der Waals surface area contributed by atoms with E-state index < -0.39 is 11.7 Å². The topological polar surface area (TPSA) is 35.5 Å². The molecule has 3 nitrogen and oxygen atoms in total. The fraction of sp³-hybridized carbons (Fsp3) is 0.478. The van der Waals surface area contributed by atoms with Crippen molar-refractivity contribution in [1.82, 2.24) is 10.2 Å². The molecule has 0 saturated carbocycles. The van der Waals surface area contributed by atoms with Crippen molar-refractivity contribution < 1.29 is 18.3 Å².